The van der Waals surface area contributed by atoms with Crippen LogP contribution in [-0.2, 0) is 33.4 Å². The number of rotatable bonds is 30. The lowest BCUT2D eigenvalue weighted by atomic mass is 9.95. The predicted octanol–water partition coefficient (Wildman–Crippen LogP) is -7.00. The number of carboxylic acid groups (broad SMARTS) is 1. The maximum atomic E-state index is 13.1. The third-order valence-corrected chi connectivity index (χ3v) is 10.4. The van der Waals surface area contributed by atoms with Gasteiger partial charge in [0.15, 0.2) is 18.2 Å². The molecule has 0 aromatic heterocycles. The van der Waals surface area contributed by atoms with E-state index >= 15 is 0 Å². The first-order valence-corrected chi connectivity index (χ1v) is 21.3. The summed E-state index contributed by atoms with van der Waals surface area (Å²) in [7, 11) is 0. The number of ether oxygens (including phenoxy) is 2. The number of amides is 5. The van der Waals surface area contributed by atoms with E-state index in [1.165, 1.54) is 0 Å². The number of aliphatic hydroxyl groups is 3. The first-order valence-electron chi connectivity index (χ1n) is 21.3. The zero-order valence-electron chi connectivity index (χ0n) is 35.7. The van der Waals surface area contributed by atoms with Crippen LogP contribution in [0.3, 0.4) is 0 Å². The third kappa shape index (κ3) is 21.1. The van der Waals surface area contributed by atoms with E-state index in [9.17, 15) is 49.2 Å². The van der Waals surface area contributed by atoms with Crippen molar-refractivity contribution in [2.24, 2.45) is 45.1 Å². The SMILES string of the molecule is NCCC[C@H](N)CC(=O)NCCC[C@H](N)CC(=O)NCCC[C@H](N)CC(=O)NCCC[C@H](N)CC(=O)NC1C(NC2=N[C@H](C(=O)O)[C@@H]([C@H](O)CN)N2)OC(COC(N)=O)C(O)C1O. The van der Waals surface area contributed by atoms with Gasteiger partial charge in [0.05, 0.1) is 12.1 Å². The first-order chi connectivity index (χ1) is 29.8. The van der Waals surface area contributed by atoms with E-state index in [4.69, 9.17) is 49.6 Å². The Morgan fingerprint density at radius 3 is 1.62 bits per heavy atom. The third-order valence-electron chi connectivity index (χ3n) is 10.4. The Labute approximate surface area is 366 Å². The smallest absolute Gasteiger partial charge is 0.404 e. The normalized spacial score (nSPS) is 24.3. The summed E-state index contributed by atoms with van der Waals surface area (Å²) >= 11 is 0. The van der Waals surface area contributed by atoms with Gasteiger partial charge in [-0.05, 0) is 57.9 Å². The standard InChI is InChI=1S/C37H72N14O12/c38-9-1-5-19(40)13-25(53)45-10-2-6-20(41)14-26(54)46-11-3-7-21(42)15-27(55)47-12-4-8-22(43)16-28(56)48-31-33(58)32(57)24(18-62-36(44)61)63-34(31)51-37-49-29(23(52)17-39)30(50-37)35(59)60/h19-24,29-34,52,57-58H,1-18,38-43H2,(H2,44,61)(H,45,53)(H,46,54)(H,47,55)(H,48,56)(H,59,60)(H2,49,50,51)/t19-,20-,21-,22-,23+,24?,29+,30-,31?,32?,33?,34?/m0/s1. The van der Waals surface area contributed by atoms with Gasteiger partial charge in [-0.15, -0.1) is 0 Å². The quantitative estimate of drug-likeness (QED) is 0.0298. The van der Waals surface area contributed by atoms with Crippen molar-refractivity contribution in [1.82, 2.24) is 31.9 Å². The molecule has 362 valence electrons. The van der Waals surface area contributed by atoms with E-state index in [-0.39, 0.29) is 74.5 Å². The van der Waals surface area contributed by atoms with Crippen LogP contribution in [0.25, 0.3) is 0 Å². The lowest BCUT2D eigenvalue weighted by molar-refractivity contribution is -0.198. The zero-order chi connectivity index (χ0) is 47.1. The number of carbonyl (C=O) groups excluding carboxylic acids is 5. The second kappa shape index (κ2) is 29.0. The molecule has 26 heteroatoms. The Kier molecular flexibility index (Phi) is 25.2. The van der Waals surface area contributed by atoms with Crippen LogP contribution in [0.1, 0.15) is 77.0 Å². The van der Waals surface area contributed by atoms with Crippen LogP contribution in [0.15, 0.2) is 4.99 Å². The van der Waals surface area contributed by atoms with Crippen molar-refractivity contribution in [3.8, 4) is 0 Å². The van der Waals surface area contributed by atoms with Gasteiger partial charge in [-0.1, -0.05) is 0 Å². The molecule has 63 heavy (non-hydrogen) atoms. The van der Waals surface area contributed by atoms with Gasteiger partial charge in [0, 0.05) is 76.0 Å². The van der Waals surface area contributed by atoms with E-state index in [0.717, 1.165) is 6.42 Å². The van der Waals surface area contributed by atoms with Gasteiger partial charge in [0.1, 0.15) is 31.0 Å². The topological polar surface area (TPSA) is 468 Å². The lowest BCUT2D eigenvalue weighted by Crippen LogP contribution is -2.69. The van der Waals surface area contributed by atoms with Gasteiger partial charge >= 0.3 is 12.1 Å². The van der Waals surface area contributed by atoms with Crippen LogP contribution in [0, 0.1) is 0 Å². The van der Waals surface area contributed by atoms with Crippen molar-refractivity contribution < 1.29 is 58.7 Å². The largest absolute Gasteiger partial charge is 0.480 e. The molecule has 2 aliphatic rings. The molecule has 2 aliphatic heterocycles. The molecule has 12 atom stereocenters. The number of primary amides is 1. The Morgan fingerprint density at radius 2 is 1.19 bits per heavy atom. The Morgan fingerprint density at radius 1 is 0.730 bits per heavy atom. The van der Waals surface area contributed by atoms with E-state index in [1.54, 1.807) is 0 Å². The van der Waals surface area contributed by atoms with Gasteiger partial charge in [0.2, 0.25) is 23.6 Å². The van der Waals surface area contributed by atoms with Crippen molar-refractivity contribution in [3.05, 3.63) is 0 Å². The number of carboxylic acids is 1. The van der Waals surface area contributed by atoms with Crippen molar-refractivity contribution in [3.63, 3.8) is 0 Å². The lowest BCUT2D eigenvalue weighted by Gasteiger charge is -2.43. The molecule has 0 saturated carbocycles. The molecule has 1 saturated heterocycles. The molecule has 26 nitrogen and oxygen atoms in total. The highest BCUT2D eigenvalue weighted by Crippen LogP contribution is 2.22. The van der Waals surface area contributed by atoms with Gasteiger partial charge in [-0.25, -0.2) is 14.6 Å². The molecule has 1 fully saturated rings. The van der Waals surface area contributed by atoms with Crippen LogP contribution >= 0.6 is 0 Å². The Hall–Kier alpha value is -4.51. The van der Waals surface area contributed by atoms with Crippen molar-refractivity contribution in [2.75, 3.05) is 39.3 Å². The van der Waals surface area contributed by atoms with Crippen LogP contribution in [0.2, 0.25) is 0 Å². The summed E-state index contributed by atoms with van der Waals surface area (Å²) in [6.07, 6.45) is -4.05. The average Bonchev–Trinajstić information content (AvgIpc) is 3.65. The van der Waals surface area contributed by atoms with Crippen LogP contribution in [0.5, 0.6) is 0 Å². The van der Waals surface area contributed by atoms with E-state index in [1.807, 2.05) is 0 Å². The molecular formula is C37H72N14O12. The first kappa shape index (κ1) is 54.6. The van der Waals surface area contributed by atoms with Crippen molar-refractivity contribution >= 4 is 41.7 Å². The van der Waals surface area contributed by atoms with Crippen LogP contribution < -0.4 is 72.0 Å². The number of hydrogen-bond acceptors (Lipinski definition) is 20. The maximum Gasteiger partial charge on any atom is 0.404 e. The van der Waals surface area contributed by atoms with E-state index in [0.29, 0.717) is 64.6 Å². The minimum absolute atomic E-state index is 0.0545. The van der Waals surface area contributed by atoms with Crippen LogP contribution in [0.4, 0.5) is 4.79 Å². The summed E-state index contributed by atoms with van der Waals surface area (Å²) < 4.78 is 10.5. The molecule has 5 unspecified atom stereocenters. The number of guanidine groups is 1. The van der Waals surface area contributed by atoms with E-state index in [2.05, 4.69) is 36.9 Å². The Bertz CT molecular complexity index is 1480. The second-order valence-electron chi connectivity index (χ2n) is 15.9. The van der Waals surface area contributed by atoms with Crippen LogP contribution in [-0.4, -0.2) is 174 Å². The summed E-state index contributed by atoms with van der Waals surface area (Å²) in [4.78, 5) is 76.8. The molecule has 0 bridgehead atoms. The number of nitrogens with one attached hydrogen (secondary N) is 6. The molecule has 0 radical (unpaired) electrons. The number of nitrogens with two attached hydrogens (primary N) is 7. The minimum Gasteiger partial charge on any atom is -0.480 e. The van der Waals surface area contributed by atoms with Gasteiger partial charge in [-0.3, -0.25) is 19.2 Å². The highest BCUT2D eigenvalue weighted by Gasteiger charge is 2.47. The fourth-order valence-corrected chi connectivity index (χ4v) is 6.90. The molecule has 0 aromatic rings. The highest BCUT2D eigenvalue weighted by molar-refractivity contribution is 5.89. The Balaban J connectivity index is 1.70. The number of aliphatic imine (C=N–C) groups is 1. The second-order valence-corrected chi connectivity index (χ2v) is 15.9. The summed E-state index contributed by atoms with van der Waals surface area (Å²) in [6, 6.07) is -5.69. The fourth-order valence-electron chi connectivity index (χ4n) is 6.90. The fraction of sp³-hybridized carbons (Fsp3) is 0.811. The summed E-state index contributed by atoms with van der Waals surface area (Å²) in [5.41, 5.74) is 40.3. The van der Waals surface area contributed by atoms with Crippen molar-refractivity contribution in [1.29, 1.82) is 0 Å². The number of aliphatic carboxylic acids is 1. The zero-order valence-corrected chi connectivity index (χ0v) is 35.7. The van der Waals surface area contributed by atoms with E-state index < -0.39 is 85.4 Å². The number of nitrogens with zero attached hydrogens (tertiary/aromatic N) is 1. The summed E-state index contributed by atoms with van der Waals surface area (Å²) in [6.45, 7) is 0.719. The number of hydrogen-bond donors (Lipinski definition) is 17. The molecule has 0 aromatic carbocycles. The van der Waals surface area contributed by atoms with Crippen molar-refractivity contribution in [2.45, 2.75) is 150 Å². The summed E-state index contributed by atoms with van der Waals surface area (Å²) in [5, 5.41) is 57.9. The molecule has 24 N–H and O–H groups in total. The van der Waals surface area contributed by atoms with Gasteiger partial charge in [0.25, 0.3) is 0 Å². The number of carbonyl (C=O) groups is 6. The number of aliphatic hydroxyl groups excluding tert-OH is 3. The monoisotopic (exact) mass is 905 g/mol. The predicted molar refractivity (Wildman–Crippen MR) is 228 cm³/mol. The molecular weight excluding hydrogens is 832 g/mol. The highest BCUT2D eigenvalue weighted by atomic mass is 16.6. The molecule has 2 rings (SSSR count). The average molecular weight is 905 g/mol. The molecule has 0 spiro atoms. The summed E-state index contributed by atoms with van der Waals surface area (Å²) in [5.74, 6) is -2.82. The van der Waals surface area contributed by atoms with Gasteiger partial charge in [-0.2, -0.15) is 0 Å². The van der Waals surface area contributed by atoms with Gasteiger partial charge < -0.3 is 102 Å². The molecule has 0 aliphatic carbocycles. The maximum absolute atomic E-state index is 13.1. The molecule has 5 amide bonds. The minimum atomic E-state index is -1.71. The molecule has 2 heterocycles.